The maximum Gasteiger partial charge on any atom is 0.193 e. The minimum Gasteiger partial charge on any atom is -0.370 e. The van der Waals surface area contributed by atoms with Gasteiger partial charge in [-0.15, -0.1) is 24.0 Å². The Morgan fingerprint density at radius 1 is 1.33 bits per heavy atom. The molecule has 3 N–H and O–H groups in total. The van der Waals surface area contributed by atoms with E-state index in [1.165, 1.54) is 30.5 Å². The van der Waals surface area contributed by atoms with Crippen molar-refractivity contribution in [1.82, 2.24) is 4.90 Å². The first-order valence-corrected chi connectivity index (χ1v) is 7.47. The summed E-state index contributed by atoms with van der Waals surface area (Å²) < 4.78 is 0. The number of nitrogens with two attached hydrogens (primary N) is 1. The average Bonchev–Trinajstić information content (AvgIpc) is 2.82. The number of aryl methyl sites for hydroxylation is 2. The summed E-state index contributed by atoms with van der Waals surface area (Å²) in [4.78, 5) is 6.98. The number of hydrogen-bond acceptors (Lipinski definition) is 2. The SMILES string of the molecule is CCN1CCCC1CN=C(N)Nc1cc(C)cc(C)c1.I. The van der Waals surface area contributed by atoms with Gasteiger partial charge in [0.25, 0.3) is 0 Å². The van der Waals surface area contributed by atoms with Gasteiger partial charge in [-0.25, -0.2) is 0 Å². The van der Waals surface area contributed by atoms with Crippen LogP contribution in [0.1, 0.15) is 30.9 Å². The molecule has 0 aromatic heterocycles. The fourth-order valence-electron chi connectivity index (χ4n) is 2.96. The van der Waals surface area contributed by atoms with Crippen molar-refractivity contribution in [2.24, 2.45) is 10.7 Å². The zero-order chi connectivity index (χ0) is 14.5. The van der Waals surface area contributed by atoms with Gasteiger partial charge in [-0.1, -0.05) is 13.0 Å². The Kier molecular flexibility index (Phi) is 7.45. The molecule has 0 bridgehead atoms. The van der Waals surface area contributed by atoms with Crippen molar-refractivity contribution in [1.29, 1.82) is 0 Å². The molecule has 0 saturated carbocycles. The molecule has 0 amide bonds. The first kappa shape index (κ1) is 18.2. The van der Waals surface area contributed by atoms with E-state index in [2.05, 4.69) is 54.2 Å². The molecule has 21 heavy (non-hydrogen) atoms. The Balaban J connectivity index is 0.00000220. The molecule has 2 rings (SSSR count). The average molecular weight is 402 g/mol. The second kappa shape index (κ2) is 8.58. The van der Waals surface area contributed by atoms with E-state index < -0.39 is 0 Å². The lowest BCUT2D eigenvalue weighted by Gasteiger charge is -2.21. The standard InChI is InChI=1S/C16H26N4.HI/c1-4-20-7-5-6-15(20)11-18-16(17)19-14-9-12(2)8-13(3)10-14;/h8-10,15H,4-7,11H2,1-3H3,(H3,17,18,19);1H. The van der Waals surface area contributed by atoms with Gasteiger partial charge in [0.15, 0.2) is 5.96 Å². The van der Waals surface area contributed by atoms with E-state index in [1.807, 2.05) is 0 Å². The number of nitrogens with one attached hydrogen (secondary N) is 1. The van der Waals surface area contributed by atoms with Gasteiger partial charge in [0.05, 0.1) is 6.54 Å². The van der Waals surface area contributed by atoms with Crippen LogP contribution in [0.25, 0.3) is 0 Å². The highest BCUT2D eigenvalue weighted by atomic mass is 127. The lowest BCUT2D eigenvalue weighted by molar-refractivity contribution is 0.273. The number of nitrogens with zero attached hydrogens (tertiary/aromatic N) is 2. The fraction of sp³-hybridized carbons (Fsp3) is 0.562. The van der Waals surface area contributed by atoms with Gasteiger partial charge in [0.1, 0.15) is 0 Å². The summed E-state index contributed by atoms with van der Waals surface area (Å²) in [5, 5.41) is 3.19. The van der Waals surface area contributed by atoms with E-state index in [0.717, 1.165) is 18.8 Å². The van der Waals surface area contributed by atoms with Gasteiger partial charge in [-0.05, 0) is 63.0 Å². The van der Waals surface area contributed by atoms with Crippen LogP contribution in [-0.4, -0.2) is 36.5 Å². The Morgan fingerprint density at radius 2 is 2.00 bits per heavy atom. The number of guanidine groups is 1. The normalized spacial score (nSPS) is 19.4. The monoisotopic (exact) mass is 402 g/mol. The molecule has 1 aromatic rings. The summed E-state index contributed by atoms with van der Waals surface area (Å²) in [6, 6.07) is 6.88. The molecule has 1 unspecified atom stereocenters. The second-order valence-corrected chi connectivity index (χ2v) is 5.65. The lowest BCUT2D eigenvalue weighted by atomic mass is 10.1. The number of anilines is 1. The number of benzene rings is 1. The number of halogens is 1. The minimum atomic E-state index is 0. The quantitative estimate of drug-likeness (QED) is 0.462. The molecule has 1 heterocycles. The van der Waals surface area contributed by atoms with Crippen molar-refractivity contribution in [3.63, 3.8) is 0 Å². The molecule has 1 aliphatic rings. The van der Waals surface area contributed by atoms with Gasteiger partial charge in [0, 0.05) is 11.7 Å². The summed E-state index contributed by atoms with van der Waals surface area (Å²) in [6.45, 7) is 9.47. The number of aliphatic imine (C=N–C) groups is 1. The van der Waals surface area contributed by atoms with Crippen molar-refractivity contribution in [3.05, 3.63) is 29.3 Å². The van der Waals surface area contributed by atoms with Gasteiger partial charge < -0.3 is 11.1 Å². The predicted octanol–water partition coefficient (Wildman–Crippen LogP) is 3.13. The highest BCUT2D eigenvalue weighted by Gasteiger charge is 2.22. The molecule has 1 aromatic carbocycles. The summed E-state index contributed by atoms with van der Waals surface area (Å²) in [7, 11) is 0. The minimum absolute atomic E-state index is 0. The van der Waals surface area contributed by atoms with E-state index in [-0.39, 0.29) is 24.0 Å². The van der Waals surface area contributed by atoms with E-state index in [4.69, 9.17) is 5.73 Å². The molecule has 118 valence electrons. The molecule has 1 saturated heterocycles. The van der Waals surface area contributed by atoms with Crippen molar-refractivity contribution >= 4 is 35.6 Å². The summed E-state index contributed by atoms with van der Waals surface area (Å²) in [5.74, 6) is 0.512. The number of hydrogen-bond donors (Lipinski definition) is 2. The van der Waals surface area contributed by atoms with Crippen LogP contribution in [0.3, 0.4) is 0 Å². The third-order valence-electron chi connectivity index (χ3n) is 3.87. The maximum absolute atomic E-state index is 5.99. The largest absolute Gasteiger partial charge is 0.370 e. The highest BCUT2D eigenvalue weighted by molar-refractivity contribution is 14.0. The Labute approximate surface area is 145 Å². The molecule has 4 nitrogen and oxygen atoms in total. The van der Waals surface area contributed by atoms with E-state index in [9.17, 15) is 0 Å². The molecule has 5 heteroatoms. The van der Waals surface area contributed by atoms with Crippen molar-refractivity contribution in [3.8, 4) is 0 Å². The van der Waals surface area contributed by atoms with Crippen LogP contribution in [0.15, 0.2) is 23.2 Å². The van der Waals surface area contributed by atoms with Crippen LogP contribution in [0, 0.1) is 13.8 Å². The Morgan fingerprint density at radius 3 is 2.62 bits per heavy atom. The topological polar surface area (TPSA) is 53.6 Å². The summed E-state index contributed by atoms with van der Waals surface area (Å²) >= 11 is 0. The third-order valence-corrected chi connectivity index (χ3v) is 3.87. The molecule has 1 fully saturated rings. The molecular weight excluding hydrogens is 375 g/mol. The molecule has 1 atom stereocenters. The van der Waals surface area contributed by atoms with Crippen LogP contribution in [0.2, 0.25) is 0 Å². The van der Waals surface area contributed by atoms with Crippen LogP contribution in [0.5, 0.6) is 0 Å². The van der Waals surface area contributed by atoms with Crippen molar-refractivity contribution in [2.75, 3.05) is 25.0 Å². The van der Waals surface area contributed by atoms with E-state index in [0.29, 0.717) is 12.0 Å². The smallest absolute Gasteiger partial charge is 0.193 e. The molecule has 0 aliphatic carbocycles. The second-order valence-electron chi connectivity index (χ2n) is 5.65. The van der Waals surface area contributed by atoms with Crippen LogP contribution >= 0.6 is 24.0 Å². The van der Waals surface area contributed by atoms with E-state index >= 15 is 0 Å². The summed E-state index contributed by atoms with van der Waals surface area (Å²) in [6.07, 6.45) is 2.51. The lowest BCUT2D eigenvalue weighted by Crippen LogP contribution is -2.33. The third kappa shape index (κ3) is 5.47. The Hall–Kier alpha value is -0.820. The van der Waals surface area contributed by atoms with Crippen LogP contribution < -0.4 is 11.1 Å². The predicted molar refractivity (Wildman–Crippen MR) is 102 cm³/mol. The molecular formula is C16H27IN4. The molecule has 1 aliphatic heterocycles. The van der Waals surface area contributed by atoms with Crippen LogP contribution in [0.4, 0.5) is 5.69 Å². The molecule has 0 spiro atoms. The van der Waals surface area contributed by atoms with Gasteiger partial charge in [-0.3, -0.25) is 9.89 Å². The van der Waals surface area contributed by atoms with Crippen molar-refractivity contribution < 1.29 is 0 Å². The zero-order valence-corrected chi connectivity index (χ0v) is 15.6. The van der Waals surface area contributed by atoms with Gasteiger partial charge in [0.2, 0.25) is 0 Å². The Bertz CT molecular complexity index is 467. The van der Waals surface area contributed by atoms with Crippen LogP contribution in [-0.2, 0) is 0 Å². The van der Waals surface area contributed by atoms with Gasteiger partial charge >= 0.3 is 0 Å². The maximum atomic E-state index is 5.99. The number of likely N-dealkylation sites (tertiary alicyclic amines) is 1. The summed E-state index contributed by atoms with van der Waals surface area (Å²) in [5.41, 5.74) is 9.47. The zero-order valence-electron chi connectivity index (χ0n) is 13.2. The highest BCUT2D eigenvalue weighted by Crippen LogP contribution is 2.17. The number of likely N-dealkylation sites (N-methyl/N-ethyl adjacent to an activating group) is 1. The number of rotatable bonds is 4. The fourth-order valence-corrected chi connectivity index (χ4v) is 2.96. The first-order chi connectivity index (χ1) is 9.58. The van der Waals surface area contributed by atoms with Crippen molar-refractivity contribution in [2.45, 2.75) is 39.7 Å². The van der Waals surface area contributed by atoms with Gasteiger partial charge in [-0.2, -0.15) is 0 Å². The van der Waals surface area contributed by atoms with E-state index in [1.54, 1.807) is 0 Å². The first-order valence-electron chi connectivity index (χ1n) is 7.47. The molecule has 0 radical (unpaired) electrons.